The SMILES string of the molecule is C=COCC1CCC(COC(=O)c2ccc(C(=O)OCC3CCC(COC=C)CC3)cc2)CC1. The van der Waals surface area contributed by atoms with Crippen molar-refractivity contribution in [1.82, 2.24) is 0 Å². The van der Waals surface area contributed by atoms with Gasteiger partial charge in [0, 0.05) is 0 Å². The molecule has 0 aromatic heterocycles. The highest BCUT2D eigenvalue weighted by molar-refractivity contribution is 5.93. The second-order valence-corrected chi connectivity index (χ2v) is 9.55. The minimum atomic E-state index is -0.353. The first-order valence-electron chi connectivity index (χ1n) is 12.5. The van der Waals surface area contributed by atoms with Gasteiger partial charge in [0.25, 0.3) is 0 Å². The highest BCUT2D eigenvalue weighted by atomic mass is 16.5. The number of esters is 2. The summed E-state index contributed by atoms with van der Waals surface area (Å²) in [5, 5.41) is 0. The molecular formula is C28H38O6. The number of carbonyl (C=O) groups excluding carboxylic acids is 2. The zero-order chi connectivity index (χ0) is 24.2. The van der Waals surface area contributed by atoms with Gasteiger partial charge < -0.3 is 18.9 Å². The summed E-state index contributed by atoms with van der Waals surface area (Å²) >= 11 is 0. The fourth-order valence-electron chi connectivity index (χ4n) is 4.83. The van der Waals surface area contributed by atoms with E-state index in [2.05, 4.69) is 13.2 Å². The van der Waals surface area contributed by atoms with Crippen molar-refractivity contribution in [3.8, 4) is 0 Å². The summed E-state index contributed by atoms with van der Waals surface area (Å²) in [6, 6.07) is 6.53. The molecule has 3 rings (SSSR count). The lowest BCUT2D eigenvalue weighted by Gasteiger charge is -2.27. The van der Waals surface area contributed by atoms with Gasteiger partial charge in [-0.1, -0.05) is 13.2 Å². The first kappa shape index (κ1) is 25.9. The maximum Gasteiger partial charge on any atom is 0.338 e. The third-order valence-electron chi connectivity index (χ3n) is 7.09. The first-order chi connectivity index (χ1) is 16.6. The molecular weight excluding hydrogens is 432 g/mol. The van der Waals surface area contributed by atoms with E-state index in [1.165, 1.54) is 12.5 Å². The lowest BCUT2D eigenvalue weighted by Crippen LogP contribution is -2.23. The van der Waals surface area contributed by atoms with Crippen LogP contribution in [0, 0.1) is 23.7 Å². The molecule has 1 aromatic carbocycles. The number of benzene rings is 1. The van der Waals surface area contributed by atoms with E-state index >= 15 is 0 Å². The Morgan fingerprint density at radius 3 is 1.21 bits per heavy atom. The van der Waals surface area contributed by atoms with Gasteiger partial charge in [-0.2, -0.15) is 0 Å². The number of carbonyl (C=O) groups is 2. The summed E-state index contributed by atoms with van der Waals surface area (Å²) in [5.74, 6) is 1.20. The fraction of sp³-hybridized carbons (Fsp3) is 0.571. The van der Waals surface area contributed by atoms with Crippen molar-refractivity contribution < 1.29 is 28.5 Å². The summed E-state index contributed by atoms with van der Waals surface area (Å²) in [6.07, 6.45) is 11.5. The average Bonchev–Trinajstić information content (AvgIpc) is 2.89. The molecule has 2 saturated carbocycles. The molecule has 0 aliphatic heterocycles. The van der Waals surface area contributed by atoms with Crippen LogP contribution in [0.2, 0.25) is 0 Å². The van der Waals surface area contributed by atoms with Crippen molar-refractivity contribution in [1.29, 1.82) is 0 Å². The minimum absolute atomic E-state index is 0.353. The van der Waals surface area contributed by atoms with Gasteiger partial charge >= 0.3 is 11.9 Å². The molecule has 0 unspecified atom stereocenters. The van der Waals surface area contributed by atoms with Crippen LogP contribution in [-0.4, -0.2) is 38.4 Å². The quantitative estimate of drug-likeness (QED) is 0.278. The Bertz CT molecular complexity index is 719. The summed E-state index contributed by atoms with van der Waals surface area (Å²) in [7, 11) is 0. The largest absolute Gasteiger partial charge is 0.502 e. The predicted molar refractivity (Wildman–Crippen MR) is 130 cm³/mol. The molecule has 1 aromatic rings. The van der Waals surface area contributed by atoms with Gasteiger partial charge in [0.1, 0.15) is 0 Å². The van der Waals surface area contributed by atoms with Crippen LogP contribution >= 0.6 is 0 Å². The lowest BCUT2D eigenvalue weighted by molar-refractivity contribution is 0.0364. The second kappa shape index (κ2) is 13.8. The van der Waals surface area contributed by atoms with Gasteiger partial charge in [-0.3, -0.25) is 0 Å². The Morgan fingerprint density at radius 2 is 0.912 bits per heavy atom. The van der Waals surface area contributed by atoms with E-state index in [4.69, 9.17) is 18.9 Å². The lowest BCUT2D eigenvalue weighted by atomic mass is 9.83. The molecule has 0 N–H and O–H groups in total. The van der Waals surface area contributed by atoms with Crippen LogP contribution in [0.3, 0.4) is 0 Å². The normalized spacial score (nSPS) is 24.5. The number of rotatable bonds is 12. The fourth-order valence-corrected chi connectivity index (χ4v) is 4.83. The van der Waals surface area contributed by atoms with Crippen LogP contribution in [0.1, 0.15) is 72.1 Å². The van der Waals surface area contributed by atoms with Crippen LogP contribution in [-0.2, 0) is 18.9 Å². The van der Waals surface area contributed by atoms with E-state index in [9.17, 15) is 9.59 Å². The van der Waals surface area contributed by atoms with E-state index in [0.717, 1.165) is 64.6 Å². The van der Waals surface area contributed by atoms with Crippen molar-refractivity contribution in [3.05, 3.63) is 61.1 Å². The molecule has 0 amide bonds. The molecule has 0 heterocycles. The Morgan fingerprint density at radius 1 is 0.618 bits per heavy atom. The predicted octanol–water partition coefficient (Wildman–Crippen LogP) is 5.93. The minimum Gasteiger partial charge on any atom is -0.502 e. The topological polar surface area (TPSA) is 71.1 Å². The number of hydrogen-bond acceptors (Lipinski definition) is 6. The molecule has 0 spiro atoms. The van der Waals surface area contributed by atoms with Crippen LogP contribution in [0.15, 0.2) is 49.9 Å². The van der Waals surface area contributed by atoms with Gasteiger partial charge in [0.2, 0.25) is 0 Å². The number of ether oxygens (including phenoxy) is 4. The Kier molecular flexibility index (Phi) is 10.5. The maximum atomic E-state index is 12.4. The van der Waals surface area contributed by atoms with Crippen LogP contribution in [0.5, 0.6) is 0 Å². The third kappa shape index (κ3) is 8.23. The van der Waals surface area contributed by atoms with Gasteiger partial charge in [-0.25, -0.2) is 9.59 Å². The molecule has 34 heavy (non-hydrogen) atoms. The van der Waals surface area contributed by atoms with E-state index in [1.54, 1.807) is 24.3 Å². The van der Waals surface area contributed by atoms with Crippen LogP contribution in [0.25, 0.3) is 0 Å². The van der Waals surface area contributed by atoms with E-state index in [-0.39, 0.29) is 11.9 Å². The molecule has 186 valence electrons. The monoisotopic (exact) mass is 470 g/mol. The van der Waals surface area contributed by atoms with Crippen molar-refractivity contribution in [2.75, 3.05) is 26.4 Å². The smallest absolute Gasteiger partial charge is 0.338 e. The molecule has 0 bridgehead atoms. The Hall–Kier alpha value is -2.76. The number of hydrogen-bond donors (Lipinski definition) is 0. The third-order valence-corrected chi connectivity index (χ3v) is 7.09. The first-order valence-corrected chi connectivity index (χ1v) is 12.5. The standard InChI is InChI=1S/C28H38O6/c1-3-31-17-21-5-9-23(10-6-21)19-33-27(29)25-13-15-26(16-14-25)28(30)34-20-24-11-7-22(8-12-24)18-32-4-2/h3-4,13-16,21-24H,1-2,5-12,17-20H2. The summed E-state index contributed by atoms with van der Waals surface area (Å²) < 4.78 is 21.6. The molecule has 2 fully saturated rings. The molecule has 6 heteroatoms. The van der Waals surface area contributed by atoms with Crippen LogP contribution < -0.4 is 0 Å². The molecule has 2 aliphatic rings. The van der Waals surface area contributed by atoms with E-state index in [0.29, 0.717) is 48.0 Å². The van der Waals surface area contributed by atoms with Crippen LogP contribution in [0.4, 0.5) is 0 Å². The maximum absolute atomic E-state index is 12.4. The highest BCUT2D eigenvalue weighted by Crippen LogP contribution is 2.30. The van der Waals surface area contributed by atoms with Crippen molar-refractivity contribution >= 4 is 11.9 Å². The molecule has 0 radical (unpaired) electrons. The summed E-state index contributed by atoms with van der Waals surface area (Å²) in [6.45, 7) is 9.46. The van der Waals surface area contributed by atoms with E-state index < -0.39 is 0 Å². The van der Waals surface area contributed by atoms with Crippen molar-refractivity contribution in [2.45, 2.75) is 51.4 Å². The van der Waals surface area contributed by atoms with Gasteiger partial charge in [-0.15, -0.1) is 0 Å². The van der Waals surface area contributed by atoms with E-state index in [1.807, 2.05) is 0 Å². The van der Waals surface area contributed by atoms with Crippen molar-refractivity contribution in [3.63, 3.8) is 0 Å². The van der Waals surface area contributed by atoms with Gasteiger partial charge in [-0.05, 0) is 99.3 Å². The Balaban J connectivity index is 1.34. The highest BCUT2D eigenvalue weighted by Gasteiger charge is 2.24. The molecule has 6 nitrogen and oxygen atoms in total. The zero-order valence-corrected chi connectivity index (χ0v) is 20.1. The van der Waals surface area contributed by atoms with Crippen molar-refractivity contribution in [2.24, 2.45) is 23.7 Å². The summed E-state index contributed by atoms with van der Waals surface area (Å²) in [4.78, 5) is 24.8. The molecule has 2 aliphatic carbocycles. The van der Waals surface area contributed by atoms with Gasteiger partial charge in [0.15, 0.2) is 0 Å². The second-order valence-electron chi connectivity index (χ2n) is 9.55. The summed E-state index contributed by atoms with van der Waals surface area (Å²) in [5.41, 5.74) is 0.898. The van der Waals surface area contributed by atoms with Gasteiger partial charge in [0.05, 0.1) is 50.1 Å². The Labute approximate surface area is 203 Å². The molecule has 0 saturated heterocycles. The molecule has 0 atom stereocenters. The average molecular weight is 471 g/mol. The zero-order valence-electron chi connectivity index (χ0n) is 20.1.